The van der Waals surface area contributed by atoms with E-state index >= 15 is 4.79 Å². The molecule has 0 spiro atoms. The Morgan fingerprint density at radius 2 is 1.41 bits per heavy atom. The lowest BCUT2D eigenvalue weighted by Gasteiger charge is -2.43. The smallest absolute Gasteiger partial charge is 0.489 e. The molecule has 4 N–H and O–H groups in total. The van der Waals surface area contributed by atoms with Gasteiger partial charge in [-0.25, -0.2) is 23.2 Å². The van der Waals surface area contributed by atoms with Gasteiger partial charge in [-0.3, -0.25) is 38.4 Å². The first-order valence-corrected chi connectivity index (χ1v) is 39.1. The summed E-state index contributed by atoms with van der Waals surface area (Å²) >= 11 is 8.08. The molecule has 3 fully saturated rings. The van der Waals surface area contributed by atoms with E-state index in [-0.39, 0.29) is 84.2 Å². The molecule has 0 saturated carbocycles. The van der Waals surface area contributed by atoms with Gasteiger partial charge in [0.1, 0.15) is 54.0 Å². The molecular weight excluding hydrogens is 1480 g/mol. The SMILES string of the molecule is CC(=O)OC[C@H]1O[C@@H](Oc2ccc(COC(=O)O[C@@H]3C[C@@H](C(=O)N[C@@H](C)c4ccc(-c5scnc5C)cc4)N(C(=O)[C@@H](NC(=O)CCCC(=O)N4CCC(c5cc(OC(C)C)c(Nc6ncc(Cl)c(Nc7ccccc7S(=O)(=O)C(C)C)n6)cc5C)CC4)C(C)(C)C)C3)cc2)[C@H](OC(C)=O)[C@@H](OC(C)=O)[C@H]1OC(C)=O. The summed E-state index contributed by atoms with van der Waals surface area (Å²) in [6, 6.07) is 21.3. The van der Waals surface area contributed by atoms with Gasteiger partial charge in [0.25, 0.3) is 0 Å². The number of sulfone groups is 1. The van der Waals surface area contributed by atoms with Gasteiger partial charge in [0.05, 0.1) is 62.5 Å². The van der Waals surface area contributed by atoms with Gasteiger partial charge < -0.3 is 73.7 Å². The summed E-state index contributed by atoms with van der Waals surface area (Å²) in [4.78, 5) is 138. The average molecular weight is 1580 g/mol. The molecule has 6 aromatic rings. The number of ether oxygens (including phenoxy) is 9. The number of amides is 4. The number of nitrogens with one attached hydrogen (secondary N) is 4. The van der Waals surface area contributed by atoms with Crippen molar-refractivity contribution in [1.29, 1.82) is 0 Å². The molecule has 0 aliphatic carbocycles. The highest BCUT2D eigenvalue weighted by atomic mass is 35.5. The van der Waals surface area contributed by atoms with Crippen LogP contribution < -0.4 is 30.7 Å². The molecule has 0 radical (unpaired) electrons. The van der Waals surface area contributed by atoms with Crippen LogP contribution in [-0.2, 0) is 88.0 Å². The molecular formula is C78H96ClN9O20S2. The Kier molecular flexibility index (Phi) is 28.4. The zero-order valence-electron chi connectivity index (χ0n) is 64.0. The van der Waals surface area contributed by atoms with Crippen molar-refractivity contribution in [3.8, 4) is 21.9 Å². The van der Waals surface area contributed by atoms with Crippen molar-refractivity contribution in [1.82, 2.24) is 35.4 Å². The summed E-state index contributed by atoms with van der Waals surface area (Å²) in [5.41, 5.74) is 6.84. The predicted octanol–water partition coefficient (Wildman–Crippen LogP) is 11.4. The zero-order chi connectivity index (χ0) is 80.1. The lowest BCUT2D eigenvalue weighted by molar-refractivity contribution is -0.288. The molecule has 29 nitrogen and oxygen atoms in total. The van der Waals surface area contributed by atoms with Crippen molar-refractivity contribution in [3.63, 3.8) is 0 Å². The highest BCUT2D eigenvalue weighted by molar-refractivity contribution is 7.92. The summed E-state index contributed by atoms with van der Waals surface area (Å²) in [5, 5.41) is 11.8. The van der Waals surface area contributed by atoms with E-state index < -0.39 is 130 Å². The van der Waals surface area contributed by atoms with E-state index in [1.807, 2.05) is 71.0 Å². The van der Waals surface area contributed by atoms with Crippen LogP contribution in [-0.4, -0.2) is 173 Å². The van der Waals surface area contributed by atoms with Crippen LogP contribution >= 0.6 is 22.9 Å². The number of para-hydroxylation sites is 1. The number of aryl methyl sites for hydroxylation is 2. The second-order valence-corrected chi connectivity index (χ2v) is 32.7. The summed E-state index contributed by atoms with van der Waals surface area (Å²) in [7, 11) is -3.66. The number of anilines is 4. The minimum absolute atomic E-state index is 0.0691. The fourth-order valence-corrected chi connectivity index (χ4v) is 15.3. The summed E-state index contributed by atoms with van der Waals surface area (Å²) < 4.78 is 78.0. The zero-order valence-corrected chi connectivity index (χ0v) is 66.4. The van der Waals surface area contributed by atoms with E-state index in [2.05, 4.69) is 36.2 Å². The number of rotatable bonds is 29. The minimum atomic E-state index is -3.66. The molecule has 3 saturated heterocycles. The molecule has 4 aromatic carbocycles. The first kappa shape index (κ1) is 84.0. The maximum absolute atomic E-state index is 15.1. The number of likely N-dealkylation sites (tertiary alicyclic amines) is 2. The average Bonchev–Trinajstić information content (AvgIpc) is 1.28. The van der Waals surface area contributed by atoms with E-state index in [0.717, 1.165) is 60.5 Å². The van der Waals surface area contributed by atoms with Gasteiger partial charge in [0.15, 0.2) is 27.9 Å². The standard InChI is InChI=1S/C78H96ClN9O20S2/c1-42(2)102-62-36-57(44(5)34-60(62)84-76-80-37-58(79)72(86-76)83-59-18-15-16-19-64(59)110(98,99)43(3)4)53-30-32-87(33-31-53)66(94)21-17-20-65(93)85-71(78(12,13)14)74(96)88-38-56(35-61(88)73(95)82-45(6)52-24-26-54(27-25-52)70-46(7)81-41-109-70)107-77(97)101-39-51-22-28-55(29-23-51)106-75-69(105-50(11)92)68(104-49(10)91)67(103-48(9)90)63(108-75)40-100-47(8)89/h15-16,18-19,22-29,34,36-37,41-43,45,53,56,61,63,67-69,71,75H,17,20-21,30-33,35,38-40H2,1-14H3,(H,82,95)(H,85,93)(H2,80,83,84,86)/t45-,56+,61-,63+,67-,68-,69+,71+,75+/m0/s1. The molecule has 32 heteroatoms. The molecule has 3 aliphatic heterocycles. The van der Waals surface area contributed by atoms with Crippen molar-refractivity contribution in [2.45, 2.75) is 219 Å². The summed E-state index contributed by atoms with van der Waals surface area (Å²) in [5.74, 6) is -3.74. The number of aromatic nitrogens is 3. The number of hydrogen-bond acceptors (Lipinski definition) is 26. The number of piperidine rings is 1. The van der Waals surface area contributed by atoms with Gasteiger partial charge in [-0.05, 0) is 143 Å². The summed E-state index contributed by atoms with van der Waals surface area (Å²) in [6.45, 7) is 22.5. The van der Waals surface area contributed by atoms with Crippen LogP contribution in [0.5, 0.6) is 11.5 Å². The quantitative estimate of drug-likeness (QED) is 0.0250. The summed E-state index contributed by atoms with van der Waals surface area (Å²) in [6.07, 6.45) is -6.75. The molecule has 9 rings (SSSR count). The molecule has 5 heterocycles. The van der Waals surface area contributed by atoms with Crippen LogP contribution in [0.25, 0.3) is 10.4 Å². The second kappa shape index (κ2) is 37.2. The topological polar surface area (TPSA) is 364 Å². The third-order valence-corrected chi connectivity index (χ3v) is 22.1. The molecule has 2 aromatic heterocycles. The Balaban J connectivity index is 0.819. The second-order valence-electron chi connectivity index (χ2n) is 28.9. The van der Waals surface area contributed by atoms with Gasteiger partial charge in [-0.1, -0.05) is 80.9 Å². The molecule has 3 aliphatic rings. The molecule has 0 unspecified atom stereocenters. The Bertz CT molecular complexity index is 4430. The number of carbonyl (C=O) groups is 9. The third kappa shape index (κ3) is 22.2. The Morgan fingerprint density at radius 3 is 2.04 bits per heavy atom. The normalized spacial score (nSPS) is 19.3. The molecule has 592 valence electrons. The number of carbonyl (C=O) groups excluding carboxylic acids is 9. The minimum Gasteiger partial charge on any atom is -0.489 e. The van der Waals surface area contributed by atoms with Crippen molar-refractivity contribution >= 4 is 110 Å². The van der Waals surface area contributed by atoms with Crippen LogP contribution in [0, 0.1) is 19.3 Å². The largest absolute Gasteiger partial charge is 0.508 e. The lowest BCUT2D eigenvalue weighted by atomic mass is 9.85. The number of halogens is 1. The van der Waals surface area contributed by atoms with E-state index in [1.165, 1.54) is 52.8 Å². The molecule has 4 amide bonds. The maximum Gasteiger partial charge on any atom is 0.508 e. The fourth-order valence-electron chi connectivity index (χ4n) is 13.1. The highest BCUT2D eigenvalue weighted by Gasteiger charge is 2.54. The van der Waals surface area contributed by atoms with Crippen LogP contribution in [0.15, 0.2) is 102 Å². The van der Waals surface area contributed by atoms with E-state index in [9.17, 15) is 46.8 Å². The van der Waals surface area contributed by atoms with Crippen LogP contribution in [0.2, 0.25) is 5.02 Å². The van der Waals surface area contributed by atoms with Crippen LogP contribution in [0.3, 0.4) is 0 Å². The highest BCUT2D eigenvalue weighted by Crippen LogP contribution is 2.40. The Labute approximate surface area is 648 Å². The molecule has 0 bridgehead atoms. The first-order valence-electron chi connectivity index (χ1n) is 36.3. The third-order valence-electron chi connectivity index (χ3n) is 18.7. The van der Waals surface area contributed by atoms with Crippen molar-refractivity contribution < 1.29 is 94.2 Å². The van der Waals surface area contributed by atoms with Gasteiger partial charge in [0, 0.05) is 60.0 Å². The Hall–Kier alpha value is -9.98. The Morgan fingerprint density at radius 1 is 0.745 bits per heavy atom. The van der Waals surface area contributed by atoms with Gasteiger partial charge >= 0.3 is 30.0 Å². The maximum atomic E-state index is 15.1. The van der Waals surface area contributed by atoms with Crippen LogP contribution in [0.1, 0.15) is 162 Å². The fraction of sp³-hybridized carbons (Fsp3) is 0.487. The molecule has 9 atom stereocenters. The van der Waals surface area contributed by atoms with Gasteiger partial charge in [-0.15, -0.1) is 11.3 Å². The number of thiazole rings is 1. The van der Waals surface area contributed by atoms with Gasteiger partial charge in [0.2, 0.25) is 42.0 Å². The van der Waals surface area contributed by atoms with E-state index in [1.54, 1.807) is 63.2 Å². The van der Waals surface area contributed by atoms with E-state index in [4.69, 9.17) is 54.2 Å². The van der Waals surface area contributed by atoms with Crippen molar-refractivity contribution in [2.24, 2.45) is 5.41 Å². The van der Waals surface area contributed by atoms with Crippen molar-refractivity contribution in [3.05, 3.63) is 130 Å². The number of nitrogens with zero attached hydrogens (tertiary/aromatic N) is 5. The molecule has 110 heavy (non-hydrogen) atoms. The van der Waals surface area contributed by atoms with Gasteiger partial charge in [-0.2, -0.15) is 4.98 Å². The number of esters is 4. The number of hydrogen-bond donors (Lipinski definition) is 4. The first-order chi connectivity index (χ1) is 52.0. The monoisotopic (exact) mass is 1580 g/mol. The van der Waals surface area contributed by atoms with Crippen molar-refractivity contribution in [2.75, 3.05) is 36.9 Å². The van der Waals surface area contributed by atoms with E-state index in [0.29, 0.717) is 48.6 Å². The lowest BCUT2D eigenvalue weighted by Crippen LogP contribution is -2.63. The number of benzene rings is 4. The predicted molar refractivity (Wildman–Crippen MR) is 406 cm³/mol. The van der Waals surface area contributed by atoms with Crippen LogP contribution in [0.4, 0.5) is 27.9 Å².